The van der Waals surface area contributed by atoms with Crippen LogP contribution in [0.5, 0.6) is 0 Å². The zero-order valence-corrected chi connectivity index (χ0v) is 11.1. The van der Waals surface area contributed by atoms with Gasteiger partial charge in [0, 0.05) is 0 Å². The van der Waals surface area contributed by atoms with Crippen molar-refractivity contribution in [1.29, 1.82) is 0 Å². The fraction of sp³-hybridized carbons (Fsp3) is 0.818. The molecule has 1 amide bonds. The molecule has 0 saturated heterocycles. The molecule has 110 valence electrons. The third-order valence-electron chi connectivity index (χ3n) is 2.63. The highest BCUT2D eigenvalue weighted by atomic mass is 19.4. The van der Waals surface area contributed by atoms with Crippen molar-refractivity contribution in [2.24, 2.45) is 5.92 Å². The largest absolute Gasteiger partial charge is 0.467 e. The molecule has 0 spiro atoms. The molecule has 1 aliphatic rings. The number of esters is 1. The van der Waals surface area contributed by atoms with Crippen LogP contribution in [0.15, 0.2) is 0 Å². The Morgan fingerprint density at radius 1 is 1.26 bits per heavy atom. The number of methoxy groups -OCH3 is 1. The van der Waals surface area contributed by atoms with Gasteiger partial charge in [-0.15, -0.1) is 0 Å². The van der Waals surface area contributed by atoms with Gasteiger partial charge in [0.05, 0.1) is 13.0 Å². The molecule has 1 rings (SSSR count). The van der Waals surface area contributed by atoms with E-state index in [-0.39, 0.29) is 0 Å². The number of hydrogen-bond donors (Lipinski definition) is 1. The van der Waals surface area contributed by atoms with Crippen LogP contribution < -0.4 is 5.32 Å². The fourth-order valence-electron chi connectivity index (χ4n) is 1.74. The van der Waals surface area contributed by atoms with Crippen molar-refractivity contribution in [2.45, 2.75) is 44.5 Å². The van der Waals surface area contributed by atoms with Crippen LogP contribution in [-0.2, 0) is 14.3 Å². The van der Waals surface area contributed by atoms with Gasteiger partial charge in [-0.25, -0.2) is 9.59 Å². The molecule has 0 aromatic rings. The minimum absolute atomic E-state index is 0.539. The van der Waals surface area contributed by atoms with Crippen LogP contribution in [0.2, 0.25) is 0 Å². The second kappa shape index (κ2) is 4.57. The van der Waals surface area contributed by atoms with Crippen LogP contribution in [-0.4, -0.2) is 36.5 Å². The number of carbonyl (C=O) groups is 2. The van der Waals surface area contributed by atoms with E-state index in [0.29, 0.717) is 0 Å². The molecule has 1 fully saturated rings. The summed E-state index contributed by atoms with van der Waals surface area (Å²) >= 11 is 0. The van der Waals surface area contributed by atoms with Crippen molar-refractivity contribution in [3.05, 3.63) is 0 Å². The summed E-state index contributed by atoms with van der Waals surface area (Å²) in [7, 11) is 0.965. The maximum atomic E-state index is 12.6. The van der Waals surface area contributed by atoms with Gasteiger partial charge in [-0.3, -0.25) is 0 Å². The average molecular weight is 283 g/mol. The molecule has 0 aromatic heterocycles. The van der Waals surface area contributed by atoms with E-state index in [1.54, 1.807) is 20.8 Å². The number of amides is 1. The molecule has 1 N–H and O–H groups in total. The minimum Gasteiger partial charge on any atom is -0.467 e. The lowest BCUT2D eigenvalue weighted by atomic mass is 10.2. The number of halogens is 3. The molecule has 1 saturated carbocycles. The summed E-state index contributed by atoms with van der Waals surface area (Å²) in [6.07, 6.45) is -6.20. The van der Waals surface area contributed by atoms with E-state index in [1.807, 2.05) is 5.32 Å². The highest BCUT2D eigenvalue weighted by Crippen LogP contribution is 2.54. The van der Waals surface area contributed by atoms with Crippen molar-refractivity contribution in [3.63, 3.8) is 0 Å². The van der Waals surface area contributed by atoms with Crippen LogP contribution in [0.25, 0.3) is 0 Å². The monoisotopic (exact) mass is 283 g/mol. The summed E-state index contributed by atoms with van der Waals surface area (Å²) in [4.78, 5) is 23.0. The first-order valence-electron chi connectivity index (χ1n) is 5.58. The number of hydrogen-bond acceptors (Lipinski definition) is 4. The van der Waals surface area contributed by atoms with Gasteiger partial charge in [0.15, 0.2) is 5.54 Å². The summed E-state index contributed by atoms with van der Waals surface area (Å²) in [5.74, 6) is -3.07. The van der Waals surface area contributed by atoms with Gasteiger partial charge in [0.2, 0.25) is 0 Å². The predicted octanol–water partition coefficient (Wildman–Crippen LogP) is 2.01. The van der Waals surface area contributed by atoms with E-state index in [2.05, 4.69) is 4.74 Å². The Balaban J connectivity index is 2.81. The third kappa shape index (κ3) is 3.51. The Hall–Kier alpha value is -1.47. The fourth-order valence-corrected chi connectivity index (χ4v) is 1.74. The molecular weight excluding hydrogens is 267 g/mol. The second-order valence-electron chi connectivity index (χ2n) is 5.39. The molecule has 0 aromatic carbocycles. The highest BCUT2D eigenvalue weighted by molar-refractivity contribution is 5.89. The Bertz CT molecular complexity index is 388. The molecule has 0 radical (unpaired) electrons. The first-order chi connectivity index (χ1) is 8.42. The Labute approximate surface area is 108 Å². The topological polar surface area (TPSA) is 64.6 Å². The molecule has 1 aliphatic carbocycles. The Morgan fingerprint density at radius 2 is 1.79 bits per heavy atom. The van der Waals surface area contributed by atoms with Gasteiger partial charge >= 0.3 is 18.2 Å². The van der Waals surface area contributed by atoms with E-state index in [0.717, 1.165) is 7.11 Å². The van der Waals surface area contributed by atoms with Crippen LogP contribution in [0.3, 0.4) is 0 Å². The number of rotatable bonds is 2. The number of ether oxygens (including phenoxy) is 2. The molecule has 0 bridgehead atoms. The van der Waals surface area contributed by atoms with E-state index in [9.17, 15) is 22.8 Å². The zero-order valence-electron chi connectivity index (χ0n) is 11.1. The van der Waals surface area contributed by atoms with E-state index in [1.165, 1.54) is 0 Å². The lowest BCUT2D eigenvalue weighted by Gasteiger charge is -2.23. The first-order valence-corrected chi connectivity index (χ1v) is 5.58. The SMILES string of the molecule is COC(=O)[C@@]1(NC(=O)OC(C)(C)C)C[C@@H]1C(F)(F)F. The van der Waals surface area contributed by atoms with Crippen LogP contribution >= 0.6 is 0 Å². The average Bonchev–Trinajstić information content (AvgIpc) is 2.89. The highest BCUT2D eigenvalue weighted by Gasteiger charge is 2.73. The molecular formula is C11H16F3NO4. The van der Waals surface area contributed by atoms with Gasteiger partial charge in [-0.05, 0) is 27.2 Å². The summed E-state index contributed by atoms with van der Waals surface area (Å²) in [6, 6.07) is 0. The van der Waals surface area contributed by atoms with Crippen LogP contribution in [0.1, 0.15) is 27.2 Å². The summed E-state index contributed by atoms with van der Waals surface area (Å²) in [5, 5.41) is 1.98. The summed E-state index contributed by atoms with van der Waals surface area (Å²) in [6.45, 7) is 4.68. The molecule has 8 heteroatoms. The van der Waals surface area contributed by atoms with Gasteiger partial charge < -0.3 is 14.8 Å². The maximum absolute atomic E-state index is 12.6. The van der Waals surface area contributed by atoms with Crippen molar-refractivity contribution < 1.29 is 32.2 Å². The van der Waals surface area contributed by atoms with E-state index >= 15 is 0 Å². The Morgan fingerprint density at radius 3 is 2.11 bits per heavy atom. The second-order valence-corrected chi connectivity index (χ2v) is 5.39. The number of alkyl carbamates (subject to hydrolysis) is 1. The number of nitrogens with one attached hydrogen (secondary N) is 1. The molecule has 0 heterocycles. The molecule has 5 nitrogen and oxygen atoms in total. The first kappa shape index (κ1) is 15.6. The summed E-state index contributed by atoms with van der Waals surface area (Å²) in [5.41, 5.74) is -2.93. The lowest BCUT2D eigenvalue weighted by molar-refractivity contribution is -0.165. The number of carbonyl (C=O) groups excluding carboxylic acids is 2. The van der Waals surface area contributed by atoms with Gasteiger partial charge in [-0.2, -0.15) is 13.2 Å². The molecule has 2 atom stereocenters. The maximum Gasteiger partial charge on any atom is 0.408 e. The van der Waals surface area contributed by atoms with Crippen molar-refractivity contribution in [2.75, 3.05) is 7.11 Å². The van der Waals surface area contributed by atoms with Crippen molar-refractivity contribution in [3.8, 4) is 0 Å². The zero-order chi connectivity index (χ0) is 15.1. The number of alkyl halides is 3. The Kier molecular flexibility index (Phi) is 3.75. The standard InChI is InChI=1S/C11H16F3NO4/c1-9(2,3)19-8(17)15-10(7(16)18-4)5-6(10)11(12,13)14/h6H,5H2,1-4H3,(H,15,17)/t6-,10+/m0/s1. The quantitative estimate of drug-likeness (QED) is 0.787. The molecule has 0 aliphatic heterocycles. The van der Waals surface area contributed by atoms with Gasteiger partial charge in [0.1, 0.15) is 5.60 Å². The van der Waals surface area contributed by atoms with Crippen LogP contribution in [0.4, 0.5) is 18.0 Å². The molecule has 0 unspecified atom stereocenters. The van der Waals surface area contributed by atoms with Crippen molar-refractivity contribution >= 4 is 12.1 Å². The van der Waals surface area contributed by atoms with E-state index < -0.39 is 41.7 Å². The van der Waals surface area contributed by atoms with E-state index in [4.69, 9.17) is 4.74 Å². The predicted molar refractivity (Wildman–Crippen MR) is 58.3 cm³/mol. The minimum atomic E-state index is -4.58. The normalized spacial score (nSPS) is 26.6. The van der Waals surface area contributed by atoms with Gasteiger partial charge in [-0.1, -0.05) is 0 Å². The molecule has 19 heavy (non-hydrogen) atoms. The van der Waals surface area contributed by atoms with Crippen molar-refractivity contribution in [1.82, 2.24) is 5.32 Å². The smallest absolute Gasteiger partial charge is 0.408 e. The summed E-state index contributed by atoms with van der Waals surface area (Å²) < 4.78 is 47.0. The van der Waals surface area contributed by atoms with Crippen LogP contribution in [0, 0.1) is 5.92 Å². The third-order valence-corrected chi connectivity index (χ3v) is 2.63. The lowest BCUT2D eigenvalue weighted by Crippen LogP contribution is -2.49. The van der Waals surface area contributed by atoms with Gasteiger partial charge in [0.25, 0.3) is 0 Å².